The summed E-state index contributed by atoms with van der Waals surface area (Å²) in [6, 6.07) is 0. The van der Waals surface area contributed by atoms with Gasteiger partial charge in [-0.3, -0.25) is 0 Å². The maximum Gasteiger partial charge on any atom is 0.157 e. The van der Waals surface area contributed by atoms with Crippen LogP contribution >= 0.6 is 0 Å². The van der Waals surface area contributed by atoms with E-state index in [1.54, 1.807) is 0 Å². The Morgan fingerprint density at radius 1 is 1.47 bits per heavy atom. The topological polar surface area (TPSA) is 18.5 Å². The molecule has 0 amide bonds. The molecule has 0 bridgehead atoms. The Morgan fingerprint density at radius 2 is 2.29 bits per heavy atom. The van der Waals surface area contributed by atoms with Crippen molar-refractivity contribution < 1.29 is 9.47 Å². The zero-order valence-corrected chi connectivity index (χ0v) is 11.1. The van der Waals surface area contributed by atoms with Crippen molar-refractivity contribution in [3.63, 3.8) is 0 Å². The third-order valence-electron chi connectivity index (χ3n) is 3.16. The van der Waals surface area contributed by atoms with Crippen molar-refractivity contribution in [3.8, 4) is 11.8 Å². The summed E-state index contributed by atoms with van der Waals surface area (Å²) in [7, 11) is 0. The molecule has 1 fully saturated rings. The van der Waals surface area contributed by atoms with Crippen LogP contribution in [-0.2, 0) is 9.47 Å². The third kappa shape index (κ3) is 5.91. The Labute approximate surface area is 105 Å². The number of hydrogen-bond donors (Lipinski definition) is 0. The first-order valence-electron chi connectivity index (χ1n) is 6.58. The largest absolute Gasteiger partial charge is 0.353 e. The highest BCUT2D eigenvalue weighted by Crippen LogP contribution is 2.13. The predicted octanol–water partition coefficient (Wildman–Crippen LogP) is 3.38. The fraction of sp³-hybridized carbons (Fsp3) is 0.733. The van der Waals surface area contributed by atoms with Crippen LogP contribution in [0.2, 0.25) is 0 Å². The van der Waals surface area contributed by atoms with E-state index in [0.29, 0.717) is 18.4 Å². The van der Waals surface area contributed by atoms with Gasteiger partial charge in [0.1, 0.15) is 0 Å². The molecule has 2 nitrogen and oxygen atoms in total. The molecule has 0 N–H and O–H groups in total. The lowest BCUT2D eigenvalue weighted by Crippen LogP contribution is -2.22. The standard InChI is InChI=1S/C15H24O2/c1-4-13(2)14(3)9-5-7-11-16-15-10-6-8-12-17-15/h4,13-15H,1,6-8,10-12H2,2-3H3. The summed E-state index contributed by atoms with van der Waals surface area (Å²) in [5.41, 5.74) is 0. The number of rotatable bonds is 5. The molecule has 0 aromatic heterocycles. The molecule has 1 aliphatic rings. The van der Waals surface area contributed by atoms with Crippen LogP contribution in [0.1, 0.15) is 39.5 Å². The summed E-state index contributed by atoms with van der Waals surface area (Å²) in [6.07, 6.45) is 6.15. The van der Waals surface area contributed by atoms with Crippen molar-refractivity contribution in [2.45, 2.75) is 45.8 Å². The van der Waals surface area contributed by atoms with E-state index in [1.807, 2.05) is 6.08 Å². The molecule has 0 aromatic carbocycles. The van der Waals surface area contributed by atoms with Crippen LogP contribution in [0.15, 0.2) is 12.7 Å². The van der Waals surface area contributed by atoms with Gasteiger partial charge >= 0.3 is 0 Å². The van der Waals surface area contributed by atoms with Crippen LogP contribution in [0, 0.1) is 23.7 Å². The van der Waals surface area contributed by atoms with Gasteiger partial charge < -0.3 is 9.47 Å². The average Bonchev–Trinajstić information content (AvgIpc) is 2.38. The van der Waals surface area contributed by atoms with E-state index in [0.717, 1.165) is 25.9 Å². The molecular weight excluding hydrogens is 212 g/mol. The highest BCUT2D eigenvalue weighted by Gasteiger charge is 2.12. The van der Waals surface area contributed by atoms with E-state index >= 15 is 0 Å². The molecule has 96 valence electrons. The smallest absolute Gasteiger partial charge is 0.157 e. The van der Waals surface area contributed by atoms with E-state index < -0.39 is 0 Å². The van der Waals surface area contributed by atoms with Gasteiger partial charge in [-0.15, -0.1) is 12.5 Å². The number of hydrogen-bond acceptors (Lipinski definition) is 2. The van der Waals surface area contributed by atoms with E-state index in [1.165, 1.54) is 6.42 Å². The van der Waals surface area contributed by atoms with Crippen molar-refractivity contribution in [2.75, 3.05) is 13.2 Å². The molecule has 1 rings (SSSR count). The quantitative estimate of drug-likeness (QED) is 0.414. The molecule has 3 unspecified atom stereocenters. The average molecular weight is 236 g/mol. The van der Waals surface area contributed by atoms with Gasteiger partial charge in [0.05, 0.1) is 6.61 Å². The first-order valence-corrected chi connectivity index (χ1v) is 6.58. The third-order valence-corrected chi connectivity index (χ3v) is 3.16. The van der Waals surface area contributed by atoms with Crippen LogP contribution in [-0.4, -0.2) is 19.5 Å². The SMILES string of the molecule is C=CC(C)C(C)C#CCCOC1CCCCO1. The molecular formula is C15H24O2. The second-order valence-electron chi connectivity index (χ2n) is 4.62. The second-order valence-corrected chi connectivity index (χ2v) is 4.62. The molecule has 0 aliphatic carbocycles. The summed E-state index contributed by atoms with van der Waals surface area (Å²) in [5, 5.41) is 0. The Morgan fingerprint density at radius 3 is 2.94 bits per heavy atom. The van der Waals surface area contributed by atoms with Crippen molar-refractivity contribution in [3.05, 3.63) is 12.7 Å². The Kier molecular flexibility index (Phi) is 7.00. The predicted molar refractivity (Wildman–Crippen MR) is 70.5 cm³/mol. The van der Waals surface area contributed by atoms with Gasteiger partial charge in [0, 0.05) is 18.9 Å². The van der Waals surface area contributed by atoms with Gasteiger partial charge in [0.2, 0.25) is 0 Å². The minimum atomic E-state index is 0.00933. The first kappa shape index (κ1) is 14.3. The minimum Gasteiger partial charge on any atom is -0.353 e. The van der Waals surface area contributed by atoms with Crippen LogP contribution in [0.3, 0.4) is 0 Å². The van der Waals surface area contributed by atoms with Crippen molar-refractivity contribution in [1.82, 2.24) is 0 Å². The zero-order valence-electron chi connectivity index (χ0n) is 11.1. The van der Waals surface area contributed by atoms with Crippen LogP contribution in [0.4, 0.5) is 0 Å². The Balaban J connectivity index is 2.10. The van der Waals surface area contributed by atoms with E-state index in [-0.39, 0.29) is 6.29 Å². The molecule has 0 saturated carbocycles. The molecule has 1 aliphatic heterocycles. The molecule has 0 aromatic rings. The molecule has 0 radical (unpaired) electrons. The monoisotopic (exact) mass is 236 g/mol. The van der Waals surface area contributed by atoms with Gasteiger partial charge in [-0.25, -0.2) is 0 Å². The number of allylic oxidation sites excluding steroid dienone is 1. The van der Waals surface area contributed by atoms with Crippen LogP contribution in [0.25, 0.3) is 0 Å². The molecule has 3 atom stereocenters. The molecule has 1 heterocycles. The lowest BCUT2D eigenvalue weighted by atomic mass is 9.97. The lowest BCUT2D eigenvalue weighted by molar-refractivity contribution is -0.161. The molecule has 0 spiro atoms. The molecule has 1 saturated heterocycles. The van der Waals surface area contributed by atoms with Gasteiger partial charge in [-0.05, 0) is 25.2 Å². The minimum absolute atomic E-state index is 0.00933. The van der Waals surface area contributed by atoms with Crippen molar-refractivity contribution in [1.29, 1.82) is 0 Å². The van der Waals surface area contributed by atoms with Crippen LogP contribution < -0.4 is 0 Å². The Hall–Kier alpha value is -0.780. The molecule has 2 heteroatoms. The van der Waals surface area contributed by atoms with E-state index in [2.05, 4.69) is 32.3 Å². The zero-order chi connectivity index (χ0) is 12.5. The molecule has 17 heavy (non-hydrogen) atoms. The Bertz CT molecular complexity index is 268. The summed E-state index contributed by atoms with van der Waals surface area (Å²) in [6.45, 7) is 9.56. The maximum absolute atomic E-state index is 5.61. The van der Waals surface area contributed by atoms with Crippen molar-refractivity contribution in [2.24, 2.45) is 11.8 Å². The normalized spacial score (nSPS) is 23.3. The lowest BCUT2D eigenvalue weighted by Gasteiger charge is -2.22. The summed E-state index contributed by atoms with van der Waals surface area (Å²) in [5.74, 6) is 7.21. The fourth-order valence-corrected chi connectivity index (χ4v) is 1.65. The van der Waals surface area contributed by atoms with Gasteiger partial charge in [0.15, 0.2) is 6.29 Å². The summed E-state index contributed by atoms with van der Waals surface area (Å²) < 4.78 is 11.1. The number of ether oxygens (including phenoxy) is 2. The second kappa shape index (κ2) is 8.33. The van der Waals surface area contributed by atoms with Gasteiger partial charge in [-0.1, -0.05) is 25.8 Å². The highest BCUT2D eigenvalue weighted by atomic mass is 16.7. The first-order chi connectivity index (χ1) is 8.24. The van der Waals surface area contributed by atoms with E-state index in [9.17, 15) is 0 Å². The maximum atomic E-state index is 5.61. The highest BCUT2D eigenvalue weighted by molar-refractivity contribution is 5.05. The fourth-order valence-electron chi connectivity index (χ4n) is 1.65. The van der Waals surface area contributed by atoms with E-state index in [4.69, 9.17) is 9.47 Å². The van der Waals surface area contributed by atoms with Crippen molar-refractivity contribution >= 4 is 0 Å². The van der Waals surface area contributed by atoms with Gasteiger partial charge in [0.25, 0.3) is 0 Å². The summed E-state index contributed by atoms with van der Waals surface area (Å²) in [4.78, 5) is 0. The van der Waals surface area contributed by atoms with Crippen LogP contribution in [0.5, 0.6) is 0 Å². The van der Waals surface area contributed by atoms with Gasteiger partial charge in [-0.2, -0.15) is 0 Å². The summed E-state index contributed by atoms with van der Waals surface area (Å²) >= 11 is 0.